The molecule has 6 rings (SSSR count). The Kier molecular flexibility index (Phi) is 6.48. The molecule has 0 unspecified atom stereocenters. The zero-order chi connectivity index (χ0) is 23.8. The van der Waals surface area contributed by atoms with E-state index in [1.165, 1.54) is 27.3 Å². The van der Waals surface area contributed by atoms with Gasteiger partial charge in [-0.15, -0.1) is 11.3 Å². The second-order valence-corrected chi connectivity index (χ2v) is 11.1. The minimum atomic E-state index is 0.135. The highest BCUT2D eigenvalue weighted by Gasteiger charge is 2.34. The molecular formula is C28H35N5OS. The molecule has 2 saturated heterocycles. The van der Waals surface area contributed by atoms with E-state index in [-0.39, 0.29) is 5.91 Å². The molecule has 0 radical (unpaired) electrons. The number of piperidine rings is 1. The van der Waals surface area contributed by atoms with Gasteiger partial charge in [0.25, 0.3) is 5.91 Å². The maximum absolute atomic E-state index is 13.7. The van der Waals surface area contributed by atoms with Gasteiger partial charge in [-0.2, -0.15) is 5.10 Å². The molecule has 2 aliphatic heterocycles. The van der Waals surface area contributed by atoms with Crippen molar-refractivity contribution in [3.05, 3.63) is 63.5 Å². The molecule has 184 valence electrons. The molecule has 0 saturated carbocycles. The first-order chi connectivity index (χ1) is 17.2. The Hall–Kier alpha value is -2.48. The molecular weight excluding hydrogens is 454 g/mol. The second kappa shape index (κ2) is 9.88. The van der Waals surface area contributed by atoms with E-state index in [0.29, 0.717) is 11.7 Å². The first kappa shape index (κ1) is 23.0. The summed E-state index contributed by atoms with van der Waals surface area (Å²) in [4.78, 5) is 22.1. The van der Waals surface area contributed by atoms with Crippen LogP contribution in [0, 0.1) is 0 Å². The Bertz CT molecular complexity index is 1170. The summed E-state index contributed by atoms with van der Waals surface area (Å²) < 4.78 is 2.26. The van der Waals surface area contributed by atoms with E-state index < -0.39 is 0 Å². The van der Waals surface area contributed by atoms with Crippen molar-refractivity contribution in [2.24, 2.45) is 0 Å². The van der Waals surface area contributed by atoms with Crippen LogP contribution in [0.25, 0.3) is 11.3 Å². The van der Waals surface area contributed by atoms with Gasteiger partial charge < -0.3 is 9.80 Å². The molecule has 0 N–H and O–H groups in total. The molecule has 2 aromatic heterocycles. The molecule has 0 spiro atoms. The Morgan fingerprint density at radius 3 is 2.49 bits per heavy atom. The van der Waals surface area contributed by atoms with E-state index in [9.17, 15) is 4.79 Å². The quantitative estimate of drug-likeness (QED) is 0.535. The first-order valence-electron chi connectivity index (χ1n) is 13.2. The highest BCUT2D eigenvalue weighted by atomic mass is 32.1. The summed E-state index contributed by atoms with van der Waals surface area (Å²) in [5.74, 6) is 0.135. The average molecular weight is 490 g/mol. The van der Waals surface area contributed by atoms with Crippen LogP contribution in [0.5, 0.6) is 0 Å². The van der Waals surface area contributed by atoms with Gasteiger partial charge >= 0.3 is 0 Å². The lowest BCUT2D eigenvalue weighted by Gasteiger charge is -2.34. The Morgan fingerprint density at radius 2 is 1.74 bits per heavy atom. The van der Waals surface area contributed by atoms with Crippen LogP contribution < -0.4 is 0 Å². The smallest absolute Gasteiger partial charge is 0.274 e. The largest absolute Gasteiger partial charge is 0.335 e. The van der Waals surface area contributed by atoms with Crippen LogP contribution in [0.3, 0.4) is 0 Å². The van der Waals surface area contributed by atoms with Gasteiger partial charge in [0.05, 0.1) is 11.7 Å². The van der Waals surface area contributed by atoms with Crippen LogP contribution in [0.4, 0.5) is 0 Å². The van der Waals surface area contributed by atoms with E-state index >= 15 is 0 Å². The van der Waals surface area contributed by atoms with Gasteiger partial charge in [-0.25, -0.2) is 0 Å². The number of aryl methyl sites for hydroxylation is 1. The molecule has 2 fully saturated rings. The highest BCUT2D eigenvalue weighted by molar-refractivity contribution is 7.10. The topological polar surface area (TPSA) is 44.6 Å². The SMILES string of the molecule is CCN1CCN(C(=O)c2nn(C3CCN(Cc4ccccc4)CC3)c3c2CCc2sccc2-3)CC1. The van der Waals surface area contributed by atoms with Crippen molar-refractivity contribution >= 4 is 17.2 Å². The molecule has 1 aromatic carbocycles. The van der Waals surface area contributed by atoms with Crippen molar-refractivity contribution in [1.82, 2.24) is 24.5 Å². The van der Waals surface area contributed by atoms with Crippen LogP contribution in [0.2, 0.25) is 0 Å². The fraction of sp³-hybridized carbons (Fsp3) is 0.500. The number of nitrogens with zero attached hydrogens (tertiary/aromatic N) is 5. The fourth-order valence-electron chi connectivity index (χ4n) is 5.99. The number of likely N-dealkylation sites (tertiary alicyclic amines) is 1. The summed E-state index contributed by atoms with van der Waals surface area (Å²) in [6, 6.07) is 13.3. The van der Waals surface area contributed by atoms with Crippen molar-refractivity contribution in [3.8, 4) is 11.3 Å². The van der Waals surface area contributed by atoms with Gasteiger partial charge in [0, 0.05) is 61.8 Å². The zero-order valence-electron chi connectivity index (χ0n) is 20.7. The number of amides is 1. The van der Waals surface area contributed by atoms with Gasteiger partial charge in [-0.1, -0.05) is 37.3 Å². The van der Waals surface area contributed by atoms with Gasteiger partial charge in [0.1, 0.15) is 0 Å². The predicted molar refractivity (Wildman–Crippen MR) is 141 cm³/mol. The number of carbonyl (C=O) groups is 1. The van der Waals surface area contributed by atoms with Gasteiger partial charge in [0.15, 0.2) is 5.69 Å². The van der Waals surface area contributed by atoms with E-state index in [1.54, 1.807) is 0 Å². The number of thiophene rings is 1. The van der Waals surface area contributed by atoms with Crippen LogP contribution in [0.15, 0.2) is 41.8 Å². The lowest BCUT2D eigenvalue weighted by atomic mass is 9.93. The number of carbonyl (C=O) groups excluding carboxylic acids is 1. The van der Waals surface area contributed by atoms with E-state index in [4.69, 9.17) is 5.10 Å². The van der Waals surface area contributed by atoms with Crippen molar-refractivity contribution in [1.29, 1.82) is 0 Å². The first-order valence-corrected chi connectivity index (χ1v) is 14.0. The van der Waals surface area contributed by atoms with Crippen LogP contribution in [0.1, 0.15) is 52.3 Å². The highest BCUT2D eigenvalue weighted by Crippen LogP contribution is 2.41. The van der Waals surface area contributed by atoms with Crippen LogP contribution in [-0.4, -0.2) is 76.2 Å². The van der Waals surface area contributed by atoms with Crippen molar-refractivity contribution in [2.45, 2.75) is 45.2 Å². The van der Waals surface area contributed by atoms with Gasteiger partial charge in [-0.05, 0) is 49.2 Å². The summed E-state index contributed by atoms with van der Waals surface area (Å²) in [5, 5.41) is 7.31. The molecule has 3 aromatic rings. The Balaban J connectivity index is 1.25. The molecule has 35 heavy (non-hydrogen) atoms. The van der Waals surface area contributed by atoms with Crippen molar-refractivity contribution in [2.75, 3.05) is 45.8 Å². The monoisotopic (exact) mass is 489 g/mol. The standard InChI is InChI=1S/C28H35N5OS/c1-2-30-15-17-32(18-16-30)28(34)26-24-8-9-25-23(12-19-35-25)27(24)33(29-26)22-10-13-31(14-11-22)20-21-6-4-3-5-7-21/h3-7,12,19,22H,2,8-11,13-18,20H2,1H3. The number of rotatable bonds is 5. The van der Waals surface area contributed by atoms with Crippen molar-refractivity contribution in [3.63, 3.8) is 0 Å². The number of likely N-dealkylation sites (N-methyl/N-ethyl adjacent to an activating group) is 1. The van der Waals surface area contributed by atoms with E-state index in [2.05, 4.69) is 63.2 Å². The number of hydrogen-bond acceptors (Lipinski definition) is 5. The third-order valence-electron chi connectivity index (χ3n) is 8.07. The molecule has 1 amide bonds. The minimum absolute atomic E-state index is 0.135. The van der Waals surface area contributed by atoms with Crippen molar-refractivity contribution < 1.29 is 4.79 Å². The second-order valence-electron chi connectivity index (χ2n) is 10.1. The predicted octanol–water partition coefficient (Wildman–Crippen LogP) is 4.33. The molecule has 6 nitrogen and oxygen atoms in total. The Morgan fingerprint density at radius 1 is 0.971 bits per heavy atom. The summed E-state index contributed by atoms with van der Waals surface area (Å²) in [6.07, 6.45) is 4.09. The summed E-state index contributed by atoms with van der Waals surface area (Å²) in [5.41, 5.74) is 5.82. The van der Waals surface area contributed by atoms with Gasteiger partial charge in [0.2, 0.25) is 0 Å². The minimum Gasteiger partial charge on any atom is -0.335 e. The average Bonchev–Trinajstić information content (AvgIpc) is 3.54. The number of piperazine rings is 1. The molecule has 0 bridgehead atoms. The summed E-state index contributed by atoms with van der Waals surface area (Å²) in [7, 11) is 0. The lowest BCUT2D eigenvalue weighted by molar-refractivity contribution is 0.0634. The van der Waals surface area contributed by atoms with Crippen LogP contribution >= 0.6 is 11.3 Å². The Labute approximate surface area is 212 Å². The number of hydrogen-bond donors (Lipinski definition) is 0. The molecule has 7 heteroatoms. The number of fused-ring (bicyclic) bond motifs is 3. The molecule has 4 heterocycles. The van der Waals surface area contributed by atoms with Crippen LogP contribution in [-0.2, 0) is 19.4 Å². The third-order valence-corrected chi connectivity index (χ3v) is 9.05. The third kappa shape index (κ3) is 4.46. The molecule has 0 atom stereocenters. The van der Waals surface area contributed by atoms with Gasteiger partial charge in [-0.3, -0.25) is 14.4 Å². The number of aromatic nitrogens is 2. The molecule has 3 aliphatic rings. The van der Waals surface area contributed by atoms with E-state index in [0.717, 1.165) is 78.0 Å². The summed E-state index contributed by atoms with van der Waals surface area (Å²) >= 11 is 1.84. The number of benzene rings is 1. The summed E-state index contributed by atoms with van der Waals surface area (Å²) in [6.45, 7) is 9.90. The van der Waals surface area contributed by atoms with E-state index in [1.807, 2.05) is 16.2 Å². The zero-order valence-corrected chi connectivity index (χ0v) is 21.5. The normalized spacial score (nSPS) is 19.5. The maximum Gasteiger partial charge on any atom is 0.274 e. The maximum atomic E-state index is 13.7. The molecule has 1 aliphatic carbocycles. The lowest BCUT2D eigenvalue weighted by Crippen LogP contribution is -2.48. The fourth-order valence-corrected chi connectivity index (χ4v) is 6.87.